The number of hydrogen-bond acceptors (Lipinski definition) is 3. The fourth-order valence-corrected chi connectivity index (χ4v) is 3.71. The van der Waals surface area contributed by atoms with Crippen molar-refractivity contribution in [2.24, 2.45) is 5.92 Å². The van der Waals surface area contributed by atoms with Gasteiger partial charge in [-0.3, -0.25) is 9.78 Å². The summed E-state index contributed by atoms with van der Waals surface area (Å²) in [7, 11) is 0. The normalized spacial score (nSPS) is 18.9. The zero-order valence-electron chi connectivity index (χ0n) is 14.8. The second-order valence-electron chi connectivity index (χ2n) is 7.06. The Bertz CT molecular complexity index is 564. The first-order chi connectivity index (χ1) is 12.2. The minimum absolute atomic E-state index is 0.0787. The maximum absolute atomic E-state index is 12.5. The van der Waals surface area contributed by atoms with E-state index in [0.717, 1.165) is 5.69 Å². The van der Waals surface area contributed by atoms with Crippen molar-refractivity contribution in [2.45, 2.75) is 45.1 Å². The molecule has 6 nitrogen and oxygen atoms in total. The Morgan fingerprint density at radius 1 is 1.04 bits per heavy atom. The van der Waals surface area contributed by atoms with Gasteiger partial charge < -0.3 is 15.1 Å². The highest BCUT2D eigenvalue weighted by Gasteiger charge is 2.26. The average molecular weight is 344 g/mol. The van der Waals surface area contributed by atoms with E-state index in [0.29, 0.717) is 45.1 Å². The lowest BCUT2D eigenvalue weighted by molar-refractivity contribution is -0.133. The molecule has 0 atom stereocenters. The number of urea groups is 1. The predicted octanol–water partition coefficient (Wildman–Crippen LogP) is 2.41. The van der Waals surface area contributed by atoms with E-state index in [1.807, 2.05) is 23.1 Å². The molecule has 1 saturated heterocycles. The topological polar surface area (TPSA) is 65.5 Å². The number of nitrogens with one attached hydrogen (secondary N) is 1. The lowest BCUT2D eigenvalue weighted by Crippen LogP contribution is -2.53. The summed E-state index contributed by atoms with van der Waals surface area (Å²) in [5, 5.41) is 2.90. The Kier molecular flexibility index (Phi) is 6.25. The monoisotopic (exact) mass is 344 g/mol. The Labute approximate surface area is 149 Å². The molecule has 6 heteroatoms. The number of carbonyl (C=O) groups is 2. The molecular weight excluding hydrogens is 316 g/mol. The van der Waals surface area contributed by atoms with Gasteiger partial charge in [0, 0.05) is 38.8 Å². The number of piperazine rings is 1. The minimum atomic E-state index is -0.0787. The largest absolute Gasteiger partial charge is 0.339 e. The Balaban J connectivity index is 1.38. The molecule has 1 aromatic rings. The third-order valence-electron chi connectivity index (χ3n) is 5.25. The molecule has 3 rings (SSSR count). The molecule has 136 valence electrons. The molecule has 25 heavy (non-hydrogen) atoms. The molecule has 1 aromatic heterocycles. The maximum Gasteiger partial charge on any atom is 0.317 e. The Hall–Kier alpha value is -2.11. The summed E-state index contributed by atoms with van der Waals surface area (Å²) in [5.41, 5.74) is 0.845. The van der Waals surface area contributed by atoms with Gasteiger partial charge >= 0.3 is 6.03 Å². The molecule has 2 heterocycles. The van der Waals surface area contributed by atoms with Crippen LogP contribution in [0.25, 0.3) is 0 Å². The second kappa shape index (κ2) is 8.83. The molecule has 0 radical (unpaired) electrons. The zero-order valence-corrected chi connectivity index (χ0v) is 14.8. The quantitative estimate of drug-likeness (QED) is 0.912. The molecule has 1 aliphatic heterocycles. The molecule has 3 amide bonds. The summed E-state index contributed by atoms with van der Waals surface area (Å²) in [4.78, 5) is 32.6. The second-order valence-corrected chi connectivity index (χ2v) is 7.06. The number of rotatable bonds is 4. The van der Waals surface area contributed by atoms with Crippen molar-refractivity contribution in [1.82, 2.24) is 20.1 Å². The van der Waals surface area contributed by atoms with Crippen LogP contribution in [-0.2, 0) is 11.3 Å². The van der Waals surface area contributed by atoms with Crippen molar-refractivity contribution in [1.29, 1.82) is 0 Å². The number of amides is 3. The SMILES string of the molecule is O=C(CC1CCCCC1)N1CCN(C(=O)NCc2ccccn2)CC1. The van der Waals surface area contributed by atoms with Gasteiger partial charge in [0.25, 0.3) is 0 Å². The van der Waals surface area contributed by atoms with E-state index in [1.54, 1.807) is 11.1 Å². The van der Waals surface area contributed by atoms with Crippen LogP contribution in [0.15, 0.2) is 24.4 Å². The van der Waals surface area contributed by atoms with Crippen LogP contribution >= 0.6 is 0 Å². The average Bonchev–Trinajstić information content (AvgIpc) is 2.68. The van der Waals surface area contributed by atoms with Crippen LogP contribution in [0.2, 0.25) is 0 Å². The summed E-state index contributed by atoms with van der Waals surface area (Å²) >= 11 is 0. The van der Waals surface area contributed by atoms with Crippen molar-refractivity contribution < 1.29 is 9.59 Å². The van der Waals surface area contributed by atoms with Crippen molar-refractivity contribution in [3.63, 3.8) is 0 Å². The molecule has 2 fully saturated rings. The highest BCUT2D eigenvalue weighted by molar-refractivity contribution is 5.78. The van der Waals surface area contributed by atoms with Crippen molar-refractivity contribution in [3.05, 3.63) is 30.1 Å². The van der Waals surface area contributed by atoms with E-state index in [4.69, 9.17) is 0 Å². The lowest BCUT2D eigenvalue weighted by Gasteiger charge is -2.35. The number of pyridine rings is 1. The molecular formula is C19H28N4O2. The number of aromatic nitrogens is 1. The minimum Gasteiger partial charge on any atom is -0.339 e. The van der Waals surface area contributed by atoms with Gasteiger partial charge in [0.15, 0.2) is 0 Å². The van der Waals surface area contributed by atoms with Gasteiger partial charge in [-0.15, -0.1) is 0 Å². The van der Waals surface area contributed by atoms with Crippen LogP contribution in [0.3, 0.4) is 0 Å². The molecule has 1 N–H and O–H groups in total. The van der Waals surface area contributed by atoms with E-state index >= 15 is 0 Å². The first-order valence-electron chi connectivity index (χ1n) is 9.43. The Morgan fingerprint density at radius 2 is 1.76 bits per heavy atom. The van der Waals surface area contributed by atoms with Gasteiger partial charge in [0.1, 0.15) is 0 Å². The molecule has 0 spiro atoms. The fraction of sp³-hybridized carbons (Fsp3) is 0.632. The van der Waals surface area contributed by atoms with Crippen molar-refractivity contribution in [3.8, 4) is 0 Å². The first kappa shape index (κ1) is 17.7. The van der Waals surface area contributed by atoms with Gasteiger partial charge in [0.05, 0.1) is 12.2 Å². The third-order valence-corrected chi connectivity index (χ3v) is 5.25. The zero-order chi connectivity index (χ0) is 17.5. The van der Waals surface area contributed by atoms with Gasteiger partial charge in [-0.05, 0) is 30.9 Å². The van der Waals surface area contributed by atoms with Gasteiger partial charge in [0.2, 0.25) is 5.91 Å². The van der Waals surface area contributed by atoms with E-state index in [9.17, 15) is 9.59 Å². The van der Waals surface area contributed by atoms with E-state index in [1.165, 1.54) is 32.1 Å². The van der Waals surface area contributed by atoms with Crippen LogP contribution in [-0.4, -0.2) is 52.9 Å². The predicted molar refractivity (Wildman–Crippen MR) is 95.8 cm³/mol. The number of hydrogen-bond donors (Lipinski definition) is 1. The summed E-state index contributed by atoms with van der Waals surface area (Å²) < 4.78 is 0. The number of carbonyl (C=O) groups excluding carboxylic acids is 2. The first-order valence-corrected chi connectivity index (χ1v) is 9.43. The number of nitrogens with zero attached hydrogens (tertiary/aromatic N) is 3. The fourth-order valence-electron chi connectivity index (χ4n) is 3.71. The van der Waals surface area contributed by atoms with Gasteiger partial charge in [-0.1, -0.05) is 25.3 Å². The van der Waals surface area contributed by atoms with Crippen LogP contribution in [0.4, 0.5) is 4.79 Å². The van der Waals surface area contributed by atoms with Gasteiger partial charge in [-0.2, -0.15) is 0 Å². The molecule has 0 unspecified atom stereocenters. The van der Waals surface area contributed by atoms with Crippen molar-refractivity contribution in [2.75, 3.05) is 26.2 Å². The van der Waals surface area contributed by atoms with E-state index in [2.05, 4.69) is 10.3 Å². The van der Waals surface area contributed by atoms with Crippen molar-refractivity contribution >= 4 is 11.9 Å². The van der Waals surface area contributed by atoms with Crippen LogP contribution in [0.1, 0.15) is 44.2 Å². The molecule has 1 saturated carbocycles. The smallest absolute Gasteiger partial charge is 0.317 e. The Morgan fingerprint density at radius 3 is 2.44 bits per heavy atom. The van der Waals surface area contributed by atoms with Crippen LogP contribution in [0.5, 0.6) is 0 Å². The molecule has 1 aliphatic carbocycles. The van der Waals surface area contributed by atoms with E-state index in [-0.39, 0.29) is 11.9 Å². The molecule has 0 bridgehead atoms. The summed E-state index contributed by atoms with van der Waals surface area (Å²) in [6.45, 7) is 2.92. The summed E-state index contributed by atoms with van der Waals surface area (Å²) in [6.07, 6.45) is 8.65. The van der Waals surface area contributed by atoms with Gasteiger partial charge in [-0.25, -0.2) is 4.79 Å². The third kappa shape index (κ3) is 5.18. The van der Waals surface area contributed by atoms with Crippen LogP contribution < -0.4 is 5.32 Å². The highest BCUT2D eigenvalue weighted by Crippen LogP contribution is 2.27. The lowest BCUT2D eigenvalue weighted by atomic mass is 9.86. The molecule has 0 aromatic carbocycles. The standard InChI is InChI=1S/C19H28N4O2/c24-18(14-16-6-2-1-3-7-16)22-10-12-23(13-11-22)19(25)21-15-17-8-4-5-9-20-17/h4-5,8-9,16H,1-3,6-7,10-15H2,(H,21,25). The van der Waals surface area contributed by atoms with E-state index < -0.39 is 0 Å². The highest BCUT2D eigenvalue weighted by atomic mass is 16.2. The molecule has 2 aliphatic rings. The summed E-state index contributed by atoms with van der Waals surface area (Å²) in [5.74, 6) is 0.835. The van der Waals surface area contributed by atoms with Crippen LogP contribution in [0, 0.1) is 5.92 Å². The maximum atomic E-state index is 12.5. The summed E-state index contributed by atoms with van der Waals surface area (Å²) in [6, 6.07) is 5.58.